The van der Waals surface area contributed by atoms with Gasteiger partial charge in [0.2, 0.25) is 5.91 Å². The molecule has 23 heavy (non-hydrogen) atoms. The maximum Gasteiger partial charge on any atom is 0.321 e. The number of rotatable bonds is 3. The highest BCUT2D eigenvalue weighted by atomic mass is 16.2. The molecule has 0 aliphatic carbocycles. The maximum absolute atomic E-state index is 12.5. The fraction of sp³-hybridized carbons (Fsp3) is 0.529. The second-order valence-electron chi connectivity index (χ2n) is 6.90. The Kier molecular flexibility index (Phi) is 4.26. The lowest BCUT2D eigenvalue weighted by Gasteiger charge is -2.38. The lowest BCUT2D eigenvalue weighted by molar-refractivity contribution is -0.121. The van der Waals surface area contributed by atoms with E-state index in [2.05, 4.69) is 29.8 Å². The quantitative estimate of drug-likeness (QED) is 0.798. The Hall–Kier alpha value is -2.08. The number of benzene rings is 1. The molecule has 1 atom stereocenters. The molecule has 6 heteroatoms. The van der Waals surface area contributed by atoms with Gasteiger partial charge in [-0.1, -0.05) is 13.8 Å². The third kappa shape index (κ3) is 3.32. The smallest absolute Gasteiger partial charge is 0.321 e. The first-order chi connectivity index (χ1) is 11.0. The van der Waals surface area contributed by atoms with E-state index in [0.29, 0.717) is 13.1 Å². The highest BCUT2D eigenvalue weighted by Gasteiger charge is 2.37. The van der Waals surface area contributed by atoms with Gasteiger partial charge in [-0.25, -0.2) is 4.79 Å². The summed E-state index contributed by atoms with van der Waals surface area (Å²) in [6.07, 6.45) is 2.14. The van der Waals surface area contributed by atoms with E-state index in [-0.39, 0.29) is 23.4 Å². The molecule has 1 unspecified atom stereocenters. The molecule has 2 aliphatic heterocycles. The van der Waals surface area contributed by atoms with Crippen molar-refractivity contribution in [2.24, 2.45) is 5.41 Å². The zero-order valence-electron chi connectivity index (χ0n) is 13.7. The number of urea groups is 1. The molecule has 2 aliphatic rings. The molecule has 2 heterocycles. The summed E-state index contributed by atoms with van der Waals surface area (Å²) in [5.74, 6) is 0.00126. The first-order valence-electron chi connectivity index (χ1n) is 8.17. The summed E-state index contributed by atoms with van der Waals surface area (Å²) in [5, 5.41) is 9.07. The Bertz CT molecular complexity index is 597. The summed E-state index contributed by atoms with van der Waals surface area (Å²) in [7, 11) is 0. The highest BCUT2D eigenvalue weighted by Crippen LogP contribution is 2.31. The van der Waals surface area contributed by atoms with Crippen molar-refractivity contribution in [2.45, 2.75) is 32.7 Å². The van der Waals surface area contributed by atoms with Gasteiger partial charge in [-0.2, -0.15) is 0 Å². The summed E-state index contributed by atoms with van der Waals surface area (Å²) in [5.41, 5.74) is 1.55. The van der Waals surface area contributed by atoms with Crippen LogP contribution < -0.4 is 20.9 Å². The lowest BCUT2D eigenvalue weighted by Crippen LogP contribution is -2.53. The van der Waals surface area contributed by atoms with Crippen molar-refractivity contribution in [3.63, 3.8) is 0 Å². The van der Waals surface area contributed by atoms with E-state index in [1.807, 2.05) is 24.3 Å². The number of piperidine rings is 1. The van der Waals surface area contributed by atoms with Gasteiger partial charge in [-0.3, -0.25) is 9.69 Å². The fourth-order valence-electron chi connectivity index (χ4n) is 3.32. The van der Waals surface area contributed by atoms with Crippen LogP contribution in [0.2, 0.25) is 0 Å². The van der Waals surface area contributed by atoms with E-state index in [9.17, 15) is 9.59 Å². The summed E-state index contributed by atoms with van der Waals surface area (Å²) in [6.45, 7) is 6.46. The number of anilines is 2. The minimum absolute atomic E-state index is 0.00126. The number of carbonyl (C=O) groups is 2. The first-order valence-corrected chi connectivity index (χ1v) is 8.17. The average molecular weight is 316 g/mol. The molecular formula is C17H24N4O2. The largest absolute Gasteiger partial charge is 0.336 e. The van der Waals surface area contributed by atoms with Gasteiger partial charge in [-0.05, 0) is 49.1 Å². The molecular weight excluding hydrogens is 292 g/mol. The van der Waals surface area contributed by atoms with E-state index in [4.69, 9.17) is 0 Å². The molecule has 124 valence electrons. The minimum atomic E-state index is -0.180. The predicted molar refractivity (Wildman–Crippen MR) is 90.6 cm³/mol. The molecule has 1 aromatic rings. The third-order valence-electron chi connectivity index (χ3n) is 4.69. The summed E-state index contributed by atoms with van der Waals surface area (Å²) in [4.78, 5) is 25.9. The Balaban J connectivity index is 1.66. The molecule has 0 aromatic heterocycles. The van der Waals surface area contributed by atoms with Crippen LogP contribution in [0.4, 0.5) is 16.2 Å². The van der Waals surface area contributed by atoms with Crippen LogP contribution in [0.25, 0.3) is 0 Å². The number of amides is 3. The number of nitrogens with one attached hydrogen (secondary N) is 3. The maximum atomic E-state index is 12.5. The van der Waals surface area contributed by atoms with Gasteiger partial charge in [0.1, 0.15) is 0 Å². The summed E-state index contributed by atoms with van der Waals surface area (Å²) in [6, 6.07) is 7.15. The van der Waals surface area contributed by atoms with Crippen LogP contribution in [0.5, 0.6) is 0 Å². The van der Waals surface area contributed by atoms with Gasteiger partial charge in [-0.15, -0.1) is 0 Å². The van der Waals surface area contributed by atoms with E-state index in [0.717, 1.165) is 30.8 Å². The van der Waals surface area contributed by atoms with Crippen molar-refractivity contribution in [2.75, 3.05) is 29.9 Å². The molecule has 1 aromatic carbocycles. The Morgan fingerprint density at radius 2 is 2.00 bits per heavy atom. The zero-order chi connectivity index (χ0) is 16.4. The van der Waals surface area contributed by atoms with Gasteiger partial charge in [0.25, 0.3) is 0 Å². The highest BCUT2D eigenvalue weighted by molar-refractivity contribution is 5.97. The lowest BCUT2D eigenvalue weighted by atomic mass is 9.77. The first kappa shape index (κ1) is 15.8. The van der Waals surface area contributed by atoms with E-state index >= 15 is 0 Å². The Morgan fingerprint density at radius 1 is 1.26 bits per heavy atom. The van der Waals surface area contributed by atoms with Gasteiger partial charge >= 0.3 is 6.03 Å². The monoisotopic (exact) mass is 316 g/mol. The van der Waals surface area contributed by atoms with Crippen molar-refractivity contribution in [1.29, 1.82) is 0 Å². The molecule has 0 spiro atoms. The molecule has 3 N–H and O–H groups in total. The Labute approximate surface area is 136 Å². The second-order valence-corrected chi connectivity index (χ2v) is 6.90. The van der Waals surface area contributed by atoms with Gasteiger partial charge in [0.05, 0.1) is 6.04 Å². The van der Waals surface area contributed by atoms with E-state index in [1.165, 1.54) is 0 Å². The van der Waals surface area contributed by atoms with Crippen LogP contribution in [0.15, 0.2) is 24.3 Å². The van der Waals surface area contributed by atoms with Gasteiger partial charge < -0.3 is 16.0 Å². The predicted octanol–water partition coefficient (Wildman–Crippen LogP) is 1.93. The number of hydrogen-bond acceptors (Lipinski definition) is 3. The molecule has 6 nitrogen and oxygen atoms in total. The van der Waals surface area contributed by atoms with Crippen LogP contribution in [0.1, 0.15) is 26.7 Å². The second kappa shape index (κ2) is 6.20. The van der Waals surface area contributed by atoms with Gasteiger partial charge in [0.15, 0.2) is 0 Å². The van der Waals surface area contributed by atoms with Crippen LogP contribution in [-0.4, -0.2) is 37.6 Å². The Morgan fingerprint density at radius 3 is 2.61 bits per heavy atom. The van der Waals surface area contributed by atoms with Crippen molar-refractivity contribution < 1.29 is 9.59 Å². The molecule has 0 bridgehead atoms. The molecule has 0 saturated carbocycles. The van der Waals surface area contributed by atoms with Crippen molar-refractivity contribution in [3.8, 4) is 0 Å². The molecule has 3 rings (SSSR count). The topological polar surface area (TPSA) is 73.5 Å². The summed E-state index contributed by atoms with van der Waals surface area (Å²) >= 11 is 0. The molecule has 3 amide bonds. The number of nitrogens with zero attached hydrogens (tertiary/aromatic N) is 1. The van der Waals surface area contributed by atoms with Crippen LogP contribution in [0.3, 0.4) is 0 Å². The standard InChI is InChI=1S/C17H24N4O2/c1-17(2)8-3-9-18-14(17)15(22)20-12-4-6-13(7-5-12)21-11-10-19-16(21)23/h4-7,14,18H,3,8-11H2,1-2H3,(H,19,23)(H,20,22). The van der Waals surface area contributed by atoms with Crippen molar-refractivity contribution >= 4 is 23.3 Å². The van der Waals surface area contributed by atoms with Crippen LogP contribution in [0, 0.1) is 5.41 Å². The molecule has 0 radical (unpaired) electrons. The minimum Gasteiger partial charge on any atom is -0.336 e. The number of carbonyl (C=O) groups excluding carboxylic acids is 2. The zero-order valence-corrected chi connectivity index (χ0v) is 13.7. The van der Waals surface area contributed by atoms with Crippen LogP contribution in [-0.2, 0) is 4.79 Å². The van der Waals surface area contributed by atoms with Crippen molar-refractivity contribution in [3.05, 3.63) is 24.3 Å². The SMILES string of the molecule is CC1(C)CCCNC1C(=O)Nc1ccc(N2CCNC2=O)cc1. The van der Waals surface area contributed by atoms with Crippen LogP contribution >= 0.6 is 0 Å². The average Bonchev–Trinajstić information content (AvgIpc) is 2.93. The van der Waals surface area contributed by atoms with E-state index < -0.39 is 0 Å². The van der Waals surface area contributed by atoms with Gasteiger partial charge in [0, 0.05) is 24.5 Å². The third-order valence-corrected chi connectivity index (χ3v) is 4.69. The normalized spacial score (nSPS) is 23.5. The molecule has 2 fully saturated rings. The summed E-state index contributed by atoms with van der Waals surface area (Å²) < 4.78 is 0. The fourth-order valence-corrected chi connectivity index (χ4v) is 3.32. The molecule has 2 saturated heterocycles. The van der Waals surface area contributed by atoms with Crippen molar-refractivity contribution in [1.82, 2.24) is 10.6 Å². The number of hydrogen-bond donors (Lipinski definition) is 3. The van der Waals surface area contributed by atoms with E-state index in [1.54, 1.807) is 4.90 Å².